The Bertz CT molecular complexity index is 192. The molecule has 0 rings (SSSR count). The zero-order chi connectivity index (χ0) is 12.0. The molecule has 0 saturated heterocycles. The molecule has 0 aromatic heterocycles. The van der Waals surface area contributed by atoms with Crippen molar-refractivity contribution in [3.05, 3.63) is 0 Å². The van der Waals surface area contributed by atoms with Crippen LogP contribution >= 0.6 is 0 Å². The normalized spacial score (nSPS) is 15.1. The molecule has 0 fully saturated rings. The molecule has 0 aliphatic rings. The zero-order valence-corrected chi connectivity index (χ0v) is 10.8. The van der Waals surface area contributed by atoms with E-state index in [1.807, 2.05) is 14.0 Å². The molecule has 0 aliphatic carbocycles. The monoisotopic (exact) mass is 214 g/mol. The van der Waals surface area contributed by atoms with E-state index in [9.17, 15) is 4.79 Å². The predicted octanol–water partition coefficient (Wildman–Crippen LogP) is 1.86. The first-order chi connectivity index (χ1) is 6.88. The van der Waals surface area contributed by atoms with E-state index in [0.717, 1.165) is 6.42 Å². The highest BCUT2D eigenvalue weighted by Crippen LogP contribution is 2.15. The lowest BCUT2D eigenvalue weighted by molar-refractivity contribution is -0.132. The number of amides is 1. The number of carbonyl (C=O) groups is 1. The summed E-state index contributed by atoms with van der Waals surface area (Å²) < 4.78 is 0. The van der Waals surface area contributed by atoms with Gasteiger partial charge in [0.1, 0.15) is 0 Å². The van der Waals surface area contributed by atoms with Crippen molar-refractivity contribution in [2.45, 2.75) is 46.6 Å². The highest BCUT2D eigenvalue weighted by Gasteiger charge is 2.17. The average molecular weight is 214 g/mol. The maximum absolute atomic E-state index is 11.8. The number of likely N-dealkylation sites (N-methyl/N-ethyl adjacent to an activating group) is 1. The average Bonchev–Trinajstić information content (AvgIpc) is 2.13. The lowest BCUT2D eigenvalue weighted by atomic mass is 9.95. The van der Waals surface area contributed by atoms with Crippen molar-refractivity contribution < 1.29 is 4.79 Å². The molecule has 90 valence electrons. The van der Waals surface area contributed by atoms with Gasteiger partial charge in [0, 0.05) is 26.1 Å². The van der Waals surface area contributed by atoms with Crippen LogP contribution in [0.25, 0.3) is 0 Å². The summed E-state index contributed by atoms with van der Waals surface area (Å²) in [6, 6.07) is 0.142. The second kappa shape index (κ2) is 6.83. The van der Waals surface area contributed by atoms with Gasteiger partial charge in [-0.3, -0.25) is 4.79 Å². The maximum atomic E-state index is 11.8. The minimum absolute atomic E-state index is 0.142. The minimum Gasteiger partial charge on any atom is -0.342 e. The zero-order valence-electron chi connectivity index (χ0n) is 10.8. The van der Waals surface area contributed by atoms with Gasteiger partial charge < -0.3 is 10.6 Å². The van der Waals surface area contributed by atoms with Gasteiger partial charge in [0.25, 0.3) is 0 Å². The van der Waals surface area contributed by atoms with Crippen LogP contribution < -0.4 is 5.73 Å². The molecule has 3 heteroatoms. The molecule has 0 bridgehead atoms. The Morgan fingerprint density at radius 2 is 1.80 bits per heavy atom. The molecule has 0 aliphatic heterocycles. The van der Waals surface area contributed by atoms with Gasteiger partial charge in [0.05, 0.1) is 0 Å². The summed E-state index contributed by atoms with van der Waals surface area (Å²) in [4.78, 5) is 13.6. The first-order valence-electron chi connectivity index (χ1n) is 5.84. The van der Waals surface area contributed by atoms with E-state index in [1.54, 1.807) is 4.90 Å². The Balaban J connectivity index is 4.01. The van der Waals surface area contributed by atoms with Crippen molar-refractivity contribution in [3.8, 4) is 0 Å². The van der Waals surface area contributed by atoms with Crippen LogP contribution in [-0.4, -0.2) is 30.4 Å². The third-order valence-corrected chi connectivity index (χ3v) is 2.79. The lowest BCUT2D eigenvalue weighted by Gasteiger charge is -2.25. The van der Waals surface area contributed by atoms with Gasteiger partial charge in [0.15, 0.2) is 0 Å². The third-order valence-electron chi connectivity index (χ3n) is 2.79. The lowest BCUT2D eigenvalue weighted by Crippen LogP contribution is -2.40. The molecule has 0 aromatic carbocycles. The van der Waals surface area contributed by atoms with E-state index in [2.05, 4.69) is 20.8 Å². The quantitative estimate of drug-likeness (QED) is 0.733. The number of hydrogen-bond donors (Lipinski definition) is 1. The Hall–Kier alpha value is -0.570. The second-order valence-corrected chi connectivity index (χ2v) is 5.03. The fourth-order valence-electron chi connectivity index (χ4n) is 1.73. The van der Waals surface area contributed by atoms with Crippen LogP contribution in [-0.2, 0) is 4.79 Å². The standard InChI is InChI=1S/C12H26N2O/c1-9(2)6-10(3)7-12(15)14(5)11(4)8-13/h9-11H,6-8,13H2,1-5H3. The number of nitrogens with two attached hydrogens (primary N) is 1. The van der Waals surface area contributed by atoms with Gasteiger partial charge in [-0.1, -0.05) is 20.8 Å². The molecule has 0 aromatic rings. The van der Waals surface area contributed by atoms with Crippen LogP contribution in [0.4, 0.5) is 0 Å². The van der Waals surface area contributed by atoms with Gasteiger partial charge in [-0.05, 0) is 25.2 Å². The van der Waals surface area contributed by atoms with Crippen LogP contribution in [0.3, 0.4) is 0 Å². The third kappa shape index (κ3) is 5.78. The molecule has 2 unspecified atom stereocenters. The number of hydrogen-bond acceptors (Lipinski definition) is 2. The summed E-state index contributed by atoms with van der Waals surface area (Å²) in [5, 5.41) is 0. The molecule has 15 heavy (non-hydrogen) atoms. The fraction of sp³-hybridized carbons (Fsp3) is 0.917. The smallest absolute Gasteiger partial charge is 0.222 e. The van der Waals surface area contributed by atoms with Gasteiger partial charge in [-0.15, -0.1) is 0 Å². The Kier molecular flexibility index (Phi) is 6.57. The van der Waals surface area contributed by atoms with E-state index in [-0.39, 0.29) is 11.9 Å². The molecule has 3 nitrogen and oxygen atoms in total. The highest BCUT2D eigenvalue weighted by atomic mass is 16.2. The molecule has 0 saturated carbocycles. The molecule has 2 N–H and O–H groups in total. The highest BCUT2D eigenvalue weighted by molar-refractivity contribution is 5.76. The maximum Gasteiger partial charge on any atom is 0.222 e. The molecular formula is C12H26N2O. The summed E-state index contributed by atoms with van der Waals surface area (Å²) in [5.41, 5.74) is 5.53. The molecular weight excluding hydrogens is 188 g/mol. The fourth-order valence-corrected chi connectivity index (χ4v) is 1.73. The van der Waals surface area contributed by atoms with E-state index in [0.29, 0.717) is 24.8 Å². The van der Waals surface area contributed by atoms with Crippen molar-refractivity contribution in [1.29, 1.82) is 0 Å². The van der Waals surface area contributed by atoms with E-state index < -0.39 is 0 Å². The number of carbonyl (C=O) groups excluding carboxylic acids is 1. The predicted molar refractivity (Wildman–Crippen MR) is 64.5 cm³/mol. The Morgan fingerprint density at radius 1 is 1.27 bits per heavy atom. The molecule has 2 atom stereocenters. The molecule has 0 radical (unpaired) electrons. The Labute approximate surface area is 94.0 Å². The van der Waals surface area contributed by atoms with Crippen LogP contribution in [0, 0.1) is 11.8 Å². The van der Waals surface area contributed by atoms with Crippen molar-refractivity contribution >= 4 is 5.91 Å². The van der Waals surface area contributed by atoms with Crippen molar-refractivity contribution in [1.82, 2.24) is 4.90 Å². The van der Waals surface area contributed by atoms with Gasteiger partial charge in [0.2, 0.25) is 5.91 Å². The number of rotatable bonds is 6. The van der Waals surface area contributed by atoms with Crippen molar-refractivity contribution in [3.63, 3.8) is 0 Å². The summed E-state index contributed by atoms with van der Waals surface area (Å²) >= 11 is 0. The van der Waals surface area contributed by atoms with Gasteiger partial charge in [-0.2, -0.15) is 0 Å². The first-order valence-corrected chi connectivity index (χ1v) is 5.84. The minimum atomic E-state index is 0.142. The Morgan fingerprint density at radius 3 is 2.20 bits per heavy atom. The van der Waals surface area contributed by atoms with Crippen LogP contribution in [0.2, 0.25) is 0 Å². The summed E-state index contributed by atoms with van der Waals surface area (Å²) in [6.45, 7) is 9.02. The topological polar surface area (TPSA) is 46.3 Å². The molecule has 0 heterocycles. The van der Waals surface area contributed by atoms with Gasteiger partial charge in [-0.25, -0.2) is 0 Å². The first kappa shape index (κ1) is 14.4. The van der Waals surface area contributed by atoms with Gasteiger partial charge >= 0.3 is 0 Å². The summed E-state index contributed by atoms with van der Waals surface area (Å²) in [6.07, 6.45) is 1.75. The van der Waals surface area contributed by atoms with Crippen LogP contribution in [0.5, 0.6) is 0 Å². The van der Waals surface area contributed by atoms with E-state index >= 15 is 0 Å². The van der Waals surface area contributed by atoms with E-state index in [1.165, 1.54) is 0 Å². The summed E-state index contributed by atoms with van der Waals surface area (Å²) in [7, 11) is 1.84. The molecule has 0 spiro atoms. The van der Waals surface area contributed by atoms with Crippen molar-refractivity contribution in [2.75, 3.05) is 13.6 Å². The SMILES string of the molecule is CC(C)CC(C)CC(=O)N(C)C(C)CN. The number of nitrogens with zero attached hydrogens (tertiary/aromatic N) is 1. The summed E-state index contributed by atoms with van der Waals surface area (Å²) in [5.74, 6) is 1.33. The molecule has 1 amide bonds. The van der Waals surface area contributed by atoms with E-state index in [4.69, 9.17) is 5.73 Å². The van der Waals surface area contributed by atoms with Crippen LogP contribution in [0.1, 0.15) is 40.5 Å². The van der Waals surface area contributed by atoms with Crippen molar-refractivity contribution in [2.24, 2.45) is 17.6 Å². The largest absolute Gasteiger partial charge is 0.342 e. The second-order valence-electron chi connectivity index (χ2n) is 5.03. The van der Waals surface area contributed by atoms with Crippen LogP contribution in [0.15, 0.2) is 0 Å².